The molecule has 0 aliphatic heterocycles. The van der Waals surface area contributed by atoms with Gasteiger partial charge in [-0.25, -0.2) is 4.98 Å². The topological polar surface area (TPSA) is 60.1 Å². The van der Waals surface area contributed by atoms with Crippen molar-refractivity contribution in [3.8, 4) is 0 Å². The van der Waals surface area contributed by atoms with Crippen molar-refractivity contribution in [3.63, 3.8) is 0 Å². The molecule has 2 aromatic carbocycles. The van der Waals surface area contributed by atoms with Gasteiger partial charge in [0.1, 0.15) is 17.2 Å². The highest BCUT2D eigenvalue weighted by molar-refractivity contribution is 5.92. The Hall–Kier alpha value is -3.34. The van der Waals surface area contributed by atoms with Crippen molar-refractivity contribution >= 4 is 34.0 Å². The number of hydrogen-bond acceptors (Lipinski definition) is 3. The Balaban J connectivity index is 1.29. The summed E-state index contributed by atoms with van der Waals surface area (Å²) in [4.78, 5) is 16.6. The molecule has 5 nitrogen and oxygen atoms in total. The number of para-hydroxylation sites is 3. The minimum Gasteiger partial charge on any atom is -0.457 e. The monoisotopic (exact) mass is 359 g/mol. The number of rotatable bonds is 6. The van der Waals surface area contributed by atoms with Crippen LogP contribution < -0.4 is 5.32 Å². The quantitative estimate of drug-likeness (QED) is 0.412. The summed E-state index contributed by atoms with van der Waals surface area (Å²) in [5.74, 6) is 1.54. The maximum Gasteiger partial charge on any atom is 0.244 e. The summed E-state index contributed by atoms with van der Waals surface area (Å²) in [6.07, 6.45) is 4.05. The summed E-state index contributed by atoms with van der Waals surface area (Å²) in [6.45, 7) is 3.43. The van der Waals surface area contributed by atoms with Crippen molar-refractivity contribution in [1.82, 2.24) is 14.9 Å². The largest absolute Gasteiger partial charge is 0.457 e. The van der Waals surface area contributed by atoms with Gasteiger partial charge in [-0.2, -0.15) is 0 Å². The number of carbonyl (C=O) groups is 1. The van der Waals surface area contributed by atoms with E-state index >= 15 is 0 Å². The molecular weight excluding hydrogens is 338 g/mol. The zero-order valence-corrected chi connectivity index (χ0v) is 15.2. The van der Waals surface area contributed by atoms with E-state index < -0.39 is 0 Å². The fraction of sp³-hybridized carbons (Fsp3) is 0.182. The van der Waals surface area contributed by atoms with E-state index in [-0.39, 0.29) is 5.91 Å². The predicted molar refractivity (Wildman–Crippen MR) is 107 cm³/mol. The fourth-order valence-corrected chi connectivity index (χ4v) is 3.23. The Labute approximate surface area is 157 Å². The van der Waals surface area contributed by atoms with E-state index in [2.05, 4.69) is 20.9 Å². The van der Waals surface area contributed by atoms with Gasteiger partial charge in [-0.15, -0.1) is 0 Å². The third-order valence-corrected chi connectivity index (χ3v) is 4.55. The maximum atomic E-state index is 12.0. The number of carbonyl (C=O) groups excluding carboxylic acids is 1. The van der Waals surface area contributed by atoms with Crippen LogP contribution in [0.5, 0.6) is 0 Å². The first-order valence-electron chi connectivity index (χ1n) is 9.07. The van der Waals surface area contributed by atoms with Gasteiger partial charge in [-0.1, -0.05) is 30.3 Å². The van der Waals surface area contributed by atoms with Crippen LogP contribution in [-0.2, 0) is 11.3 Å². The lowest BCUT2D eigenvalue weighted by Gasteiger charge is -2.07. The second-order valence-electron chi connectivity index (χ2n) is 6.46. The molecule has 0 atom stereocenters. The molecule has 0 spiro atoms. The molecule has 27 heavy (non-hydrogen) atoms. The van der Waals surface area contributed by atoms with Crippen LogP contribution in [0.4, 0.5) is 0 Å². The highest BCUT2D eigenvalue weighted by atomic mass is 16.3. The number of amides is 1. The molecule has 2 aromatic heterocycles. The molecule has 0 unspecified atom stereocenters. The van der Waals surface area contributed by atoms with Gasteiger partial charge in [0.15, 0.2) is 0 Å². The lowest BCUT2D eigenvalue weighted by Crippen LogP contribution is -2.23. The number of fused-ring (bicyclic) bond motifs is 2. The first-order chi connectivity index (χ1) is 13.2. The third kappa shape index (κ3) is 3.77. The number of hydrogen-bond donors (Lipinski definition) is 1. The van der Waals surface area contributed by atoms with E-state index in [4.69, 9.17) is 4.42 Å². The smallest absolute Gasteiger partial charge is 0.244 e. The van der Waals surface area contributed by atoms with E-state index in [1.54, 1.807) is 6.08 Å². The number of imidazole rings is 1. The maximum absolute atomic E-state index is 12.0. The first-order valence-corrected chi connectivity index (χ1v) is 9.07. The van der Waals surface area contributed by atoms with Crippen LogP contribution in [0, 0.1) is 6.92 Å². The SMILES string of the molecule is Cc1nc2ccccc2n1CCCNC(=O)/C=C/c1cc2ccccc2o1. The average Bonchev–Trinajstić information content (AvgIpc) is 3.23. The number of furan rings is 1. The number of benzene rings is 2. The van der Waals surface area contributed by atoms with Gasteiger partial charge in [-0.3, -0.25) is 4.79 Å². The first kappa shape index (κ1) is 17.1. The summed E-state index contributed by atoms with van der Waals surface area (Å²) < 4.78 is 7.86. The molecule has 4 rings (SSSR count). The Kier molecular flexibility index (Phi) is 4.75. The number of aromatic nitrogens is 2. The molecule has 0 radical (unpaired) electrons. The van der Waals surface area contributed by atoms with Gasteiger partial charge in [0.25, 0.3) is 0 Å². The van der Waals surface area contributed by atoms with Crippen LogP contribution >= 0.6 is 0 Å². The van der Waals surface area contributed by atoms with E-state index in [0.29, 0.717) is 12.3 Å². The van der Waals surface area contributed by atoms with Crippen LogP contribution in [0.15, 0.2) is 65.1 Å². The van der Waals surface area contributed by atoms with Crippen LogP contribution in [0.1, 0.15) is 18.0 Å². The van der Waals surface area contributed by atoms with Gasteiger partial charge < -0.3 is 14.3 Å². The second kappa shape index (κ2) is 7.50. The third-order valence-electron chi connectivity index (χ3n) is 4.55. The van der Waals surface area contributed by atoms with Gasteiger partial charge >= 0.3 is 0 Å². The molecule has 0 saturated heterocycles. The standard InChI is InChI=1S/C22H21N3O2/c1-16-24-19-8-3-4-9-20(19)25(16)14-6-13-23-22(26)12-11-18-15-17-7-2-5-10-21(17)27-18/h2-5,7-12,15H,6,13-14H2,1H3,(H,23,26)/b12-11+. The van der Waals surface area contributed by atoms with E-state index in [9.17, 15) is 4.79 Å². The van der Waals surface area contributed by atoms with Crippen molar-refractivity contribution in [1.29, 1.82) is 0 Å². The molecular formula is C22H21N3O2. The molecule has 0 fully saturated rings. The van der Waals surface area contributed by atoms with Crippen molar-refractivity contribution in [2.24, 2.45) is 0 Å². The van der Waals surface area contributed by atoms with E-state index in [1.165, 1.54) is 6.08 Å². The number of aryl methyl sites for hydroxylation is 2. The minimum atomic E-state index is -0.123. The summed E-state index contributed by atoms with van der Waals surface area (Å²) in [5.41, 5.74) is 2.96. The van der Waals surface area contributed by atoms with E-state index in [1.807, 2.05) is 55.5 Å². The molecule has 0 bridgehead atoms. The lowest BCUT2D eigenvalue weighted by molar-refractivity contribution is -0.116. The van der Waals surface area contributed by atoms with Gasteiger partial charge in [0, 0.05) is 24.6 Å². The highest BCUT2D eigenvalue weighted by Gasteiger charge is 2.06. The minimum absolute atomic E-state index is 0.123. The molecule has 0 saturated carbocycles. The summed E-state index contributed by atoms with van der Waals surface area (Å²) in [7, 11) is 0. The Morgan fingerprint density at radius 1 is 1.19 bits per heavy atom. The van der Waals surface area contributed by atoms with E-state index in [0.717, 1.165) is 40.8 Å². The van der Waals surface area contributed by atoms with Crippen LogP contribution in [-0.4, -0.2) is 22.0 Å². The molecule has 0 aliphatic carbocycles. The van der Waals surface area contributed by atoms with Crippen LogP contribution in [0.2, 0.25) is 0 Å². The fourth-order valence-electron chi connectivity index (χ4n) is 3.23. The molecule has 1 amide bonds. The van der Waals surface area contributed by atoms with Crippen molar-refractivity contribution in [3.05, 3.63) is 72.3 Å². The second-order valence-corrected chi connectivity index (χ2v) is 6.46. The van der Waals surface area contributed by atoms with Crippen LogP contribution in [0.3, 0.4) is 0 Å². The number of nitrogens with one attached hydrogen (secondary N) is 1. The zero-order valence-electron chi connectivity index (χ0n) is 15.2. The molecule has 5 heteroatoms. The molecule has 136 valence electrons. The zero-order chi connectivity index (χ0) is 18.6. The Morgan fingerprint density at radius 2 is 2.00 bits per heavy atom. The van der Waals surface area contributed by atoms with Crippen molar-refractivity contribution in [2.45, 2.75) is 19.9 Å². The normalized spacial score (nSPS) is 11.6. The summed E-state index contributed by atoms with van der Waals surface area (Å²) in [5, 5.41) is 3.94. The lowest BCUT2D eigenvalue weighted by atomic mass is 10.2. The molecule has 0 aliphatic rings. The molecule has 4 aromatic rings. The van der Waals surface area contributed by atoms with Gasteiger partial charge in [0.2, 0.25) is 5.91 Å². The molecule has 1 N–H and O–H groups in total. The predicted octanol–water partition coefficient (Wildman–Crippen LogP) is 4.31. The van der Waals surface area contributed by atoms with Gasteiger partial charge in [0.05, 0.1) is 11.0 Å². The average molecular weight is 359 g/mol. The Bertz CT molecular complexity index is 1090. The molecule has 2 heterocycles. The highest BCUT2D eigenvalue weighted by Crippen LogP contribution is 2.19. The summed E-state index contributed by atoms with van der Waals surface area (Å²) >= 11 is 0. The van der Waals surface area contributed by atoms with Gasteiger partial charge in [-0.05, 0) is 43.7 Å². The number of nitrogens with zero attached hydrogens (tertiary/aromatic N) is 2. The Morgan fingerprint density at radius 3 is 2.89 bits per heavy atom. The summed E-state index contributed by atoms with van der Waals surface area (Å²) in [6, 6.07) is 17.8. The van der Waals surface area contributed by atoms with Crippen molar-refractivity contribution in [2.75, 3.05) is 6.54 Å². The van der Waals surface area contributed by atoms with Crippen molar-refractivity contribution < 1.29 is 9.21 Å². The van der Waals surface area contributed by atoms with Crippen LogP contribution in [0.25, 0.3) is 28.1 Å².